The van der Waals surface area contributed by atoms with Gasteiger partial charge in [-0.2, -0.15) is 0 Å². The zero-order chi connectivity index (χ0) is 12.1. The van der Waals surface area contributed by atoms with E-state index < -0.39 is 11.7 Å². The Balaban J connectivity index is 2.20. The number of hydrogen-bond acceptors (Lipinski definition) is 3. The van der Waals surface area contributed by atoms with Crippen LogP contribution in [0.2, 0.25) is 0 Å². The number of aliphatic hydroxyl groups excluding tert-OH is 1. The van der Waals surface area contributed by atoms with Crippen LogP contribution in [0.4, 0.5) is 0 Å². The van der Waals surface area contributed by atoms with Crippen molar-refractivity contribution in [2.75, 3.05) is 19.8 Å². The molecular formula is C14H20O3. The van der Waals surface area contributed by atoms with Gasteiger partial charge in [0.25, 0.3) is 0 Å². The van der Waals surface area contributed by atoms with Crippen molar-refractivity contribution in [3.05, 3.63) is 35.9 Å². The van der Waals surface area contributed by atoms with E-state index in [1.165, 1.54) is 0 Å². The Morgan fingerprint density at radius 1 is 1.29 bits per heavy atom. The summed E-state index contributed by atoms with van der Waals surface area (Å²) in [6, 6.07) is 9.73. The molecule has 3 nitrogen and oxygen atoms in total. The number of hydrogen-bond donors (Lipinski definition) is 1. The van der Waals surface area contributed by atoms with Gasteiger partial charge in [0.1, 0.15) is 11.7 Å². The molecule has 17 heavy (non-hydrogen) atoms. The first-order chi connectivity index (χ1) is 8.28. The molecule has 1 heterocycles. The Morgan fingerprint density at radius 2 is 1.94 bits per heavy atom. The van der Waals surface area contributed by atoms with Crippen LogP contribution in [0, 0.1) is 0 Å². The van der Waals surface area contributed by atoms with Gasteiger partial charge in [0, 0.05) is 32.7 Å². The summed E-state index contributed by atoms with van der Waals surface area (Å²) in [5.41, 5.74) is 0.441. The second kappa shape index (κ2) is 5.63. The molecule has 1 aliphatic heterocycles. The lowest BCUT2D eigenvalue weighted by Gasteiger charge is -2.40. The molecule has 2 rings (SSSR count). The van der Waals surface area contributed by atoms with Gasteiger partial charge < -0.3 is 14.6 Å². The van der Waals surface area contributed by atoms with E-state index in [1.807, 2.05) is 37.3 Å². The lowest BCUT2D eigenvalue weighted by Crippen LogP contribution is -2.44. The van der Waals surface area contributed by atoms with Gasteiger partial charge in [0.2, 0.25) is 0 Å². The van der Waals surface area contributed by atoms with Crippen molar-refractivity contribution in [2.24, 2.45) is 0 Å². The second-order valence-electron chi connectivity index (χ2n) is 4.42. The molecule has 1 saturated heterocycles. The SMILES string of the molecule is CCOC1(C(O)c2ccccc2)CCOCC1. The Bertz CT molecular complexity index is 325. The van der Waals surface area contributed by atoms with E-state index in [0.29, 0.717) is 19.8 Å². The quantitative estimate of drug-likeness (QED) is 0.871. The van der Waals surface area contributed by atoms with Gasteiger partial charge in [-0.15, -0.1) is 0 Å². The van der Waals surface area contributed by atoms with Gasteiger partial charge in [-0.25, -0.2) is 0 Å². The van der Waals surface area contributed by atoms with E-state index in [1.54, 1.807) is 0 Å². The molecule has 1 unspecified atom stereocenters. The van der Waals surface area contributed by atoms with E-state index >= 15 is 0 Å². The number of rotatable bonds is 4. The van der Waals surface area contributed by atoms with Gasteiger partial charge in [0.15, 0.2) is 0 Å². The first-order valence-electron chi connectivity index (χ1n) is 6.23. The molecule has 1 N–H and O–H groups in total. The van der Waals surface area contributed by atoms with Crippen molar-refractivity contribution in [2.45, 2.75) is 31.5 Å². The highest BCUT2D eigenvalue weighted by molar-refractivity contribution is 5.20. The van der Waals surface area contributed by atoms with Crippen LogP contribution < -0.4 is 0 Å². The molecule has 0 aromatic heterocycles. The van der Waals surface area contributed by atoms with Crippen LogP contribution in [0.5, 0.6) is 0 Å². The number of benzene rings is 1. The molecule has 0 radical (unpaired) electrons. The Kier molecular flexibility index (Phi) is 4.15. The molecule has 0 bridgehead atoms. The standard InChI is InChI=1S/C14H20O3/c1-2-17-14(8-10-16-11-9-14)13(15)12-6-4-3-5-7-12/h3-7,13,15H,2,8-11H2,1H3. The molecule has 1 aliphatic rings. The normalized spacial score (nSPS) is 21.1. The monoisotopic (exact) mass is 236 g/mol. The largest absolute Gasteiger partial charge is 0.385 e. The van der Waals surface area contributed by atoms with Crippen molar-refractivity contribution >= 4 is 0 Å². The van der Waals surface area contributed by atoms with Gasteiger partial charge in [-0.05, 0) is 12.5 Å². The maximum atomic E-state index is 10.5. The molecule has 3 heteroatoms. The van der Waals surface area contributed by atoms with Crippen LogP contribution in [0.1, 0.15) is 31.4 Å². The third kappa shape index (κ3) is 2.68. The van der Waals surface area contributed by atoms with Crippen molar-refractivity contribution in [3.63, 3.8) is 0 Å². The molecular weight excluding hydrogens is 216 g/mol. The topological polar surface area (TPSA) is 38.7 Å². The van der Waals surface area contributed by atoms with Crippen LogP contribution in [0.3, 0.4) is 0 Å². The molecule has 1 fully saturated rings. The Morgan fingerprint density at radius 3 is 2.53 bits per heavy atom. The molecule has 1 aromatic carbocycles. The zero-order valence-corrected chi connectivity index (χ0v) is 10.3. The zero-order valence-electron chi connectivity index (χ0n) is 10.3. The van der Waals surface area contributed by atoms with Crippen molar-refractivity contribution < 1.29 is 14.6 Å². The third-order valence-corrected chi connectivity index (χ3v) is 3.38. The summed E-state index contributed by atoms with van der Waals surface area (Å²) in [5, 5.41) is 10.5. The molecule has 94 valence electrons. The maximum absolute atomic E-state index is 10.5. The number of ether oxygens (including phenoxy) is 2. The fourth-order valence-corrected chi connectivity index (χ4v) is 2.44. The predicted octanol–water partition coefficient (Wildman–Crippen LogP) is 2.31. The maximum Gasteiger partial charge on any atom is 0.108 e. The average Bonchev–Trinajstić information content (AvgIpc) is 2.40. The first-order valence-corrected chi connectivity index (χ1v) is 6.23. The van der Waals surface area contributed by atoms with Crippen LogP contribution in [0.15, 0.2) is 30.3 Å². The summed E-state index contributed by atoms with van der Waals surface area (Å²) >= 11 is 0. The van der Waals surface area contributed by atoms with E-state index in [9.17, 15) is 5.11 Å². The fraction of sp³-hybridized carbons (Fsp3) is 0.571. The van der Waals surface area contributed by atoms with Crippen LogP contribution in [0.25, 0.3) is 0 Å². The predicted molar refractivity (Wildman–Crippen MR) is 65.8 cm³/mol. The van der Waals surface area contributed by atoms with E-state index in [-0.39, 0.29) is 0 Å². The number of aliphatic hydroxyl groups is 1. The van der Waals surface area contributed by atoms with Gasteiger partial charge in [-0.1, -0.05) is 30.3 Å². The molecule has 1 aromatic rings. The van der Waals surface area contributed by atoms with E-state index in [2.05, 4.69) is 0 Å². The highest BCUT2D eigenvalue weighted by Gasteiger charge is 2.41. The van der Waals surface area contributed by atoms with Crippen LogP contribution in [-0.4, -0.2) is 30.5 Å². The van der Waals surface area contributed by atoms with Crippen molar-refractivity contribution in [1.82, 2.24) is 0 Å². The van der Waals surface area contributed by atoms with Crippen LogP contribution in [-0.2, 0) is 9.47 Å². The van der Waals surface area contributed by atoms with Gasteiger partial charge in [0.05, 0.1) is 0 Å². The molecule has 1 atom stereocenters. The second-order valence-corrected chi connectivity index (χ2v) is 4.42. The first kappa shape index (κ1) is 12.6. The van der Waals surface area contributed by atoms with E-state index in [0.717, 1.165) is 18.4 Å². The minimum atomic E-state index is -0.576. The van der Waals surface area contributed by atoms with Gasteiger partial charge in [-0.3, -0.25) is 0 Å². The minimum Gasteiger partial charge on any atom is -0.385 e. The highest BCUT2D eigenvalue weighted by Crippen LogP contribution is 2.37. The molecule has 0 aliphatic carbocycles. The Labute approximate surface area is 102 Å². The smallest absolute Gasteiger partial charge is 0.108 e. The molecule has 0 saturated carbocycles. The summed E-state index contributed by atoms with van der Waals surface area (Å²) in [4.78, 5) is 0. The summed E-state index contributed by atoms with van der Waals surface area (Å²) in [5.74, 6) is 0. The average molecular weight is 236 g/mol. The lowest BCUT2D eigenvalue weighted by molar-refractivity contribution is -0.168. The summed E-state index contributed by atoms with van der Waals surface area (Å²) < 4.78 is 11.2. The van der Waals surface area contributed by atoms with Crippen LogP contribution >= 0.6 is 0 Å². The summed E-state index contributed by atoms with van der Waals surface area (Å²) in [6.07, 6.45) is 0.918. The summed E-state index contributed by atoms with van der Waals surface area (Å²) in [6.45, 7) is 3.90. The Hall–Kier alpha value is -0.900. The van der Waals surface area contributed by atoms with E-state index in [4.69, 9.17) is 9.47 Å². The minimum absolute atomic E-state index is 0.478. The third-order valence-electron chi connectivity index (χ3n) is 3.38. The van der Waals surface area contributed by atoms with Gasteiger partial charge >= 0.3 is 0 Å². The van der Waals surface area contributed by atoms with Crippen molar-refractivity contribution in [3.8, 4) is 0 Å². The fourth-order valence-electron chi connectivity index (χ4n) is 2.44. The summed E-state index contributed by atoms with van der Waals surface area (Å²) in [7, 11) is 0. The highest BCUT2D eigenvalue weighted by atomic mass is 16.5. The van der Waals surface area contributed by atoms with Crippen molar-refractivity contribution in [1.29, 1.82) is 0 Å². The molecule has 0 amide bonds. The molecule has 0 spiro atoms. The lowest BCUT2D eigenvalue weighted by atomic mass is 9.84.